The summed E-state index contributed by atoms with van der Waals surface area (Å²) in [5.74, 6) is -2.61. The van der Waals surface area contributed by atoms with E-state index in [4.69, 9.17) is 0 Å². The number of allylic oxidation sites excluding steroid dienone is 1. The highest BCUT2D eigenvalue weighted by atomic mass is 19.1. The van der Waals surface area contributed by atoms with Crippen LogP contribution < -0.4 is 10.6 Å². The molecule has 0 bridgehead atoms. The molecular formula is C22H18FN3O4. The number of hydrogen-bond donors (Lipinski definition) is 2. The van der Waals surface area contributed by atoms with E-state index in [2.05, 4.69) is 10.6 Å². The standard InChI is InChI=1S/C22H18FN3O4/c1-2-15(12-6-8-13(23)9-7-12)24-16-5-3-4-14-19(16)22(30)26(21(14)29)17-10-11-18(27)25-20(17)28/h2-9,17,24H,10-11H2,1H3,(H,25,27,28)/b15-2-. The lowest BCUT2D eigenvalue weighted by Crippen LogP contribution is -2.54. The molecule has 0 saturated carbocycles. The Morgan fingerprint density at radius 1 is 1.10 bits per heavy atom. The van der Waals surface area contributed by atoms with Gasteiger partial charge < -0.3 is 5.32 Å². The Morgan fingerprint density at radius 2 is 1.83 bits per heavy atom. The first-order chi connectivity index (χ1) is 14.4. The Hall–Kier alpha value is -3.81. The van der Waals surface area contributed by atoms with Crippen molar-refractivity contribution in [3.63, 3.8) is 0 Å². The van der Waals surface area contributed by atoms with Crippen molar-refractivity contribution in [1.29, 1.82) is 0 Å². The fourth-order valence-corrected chi connectivity index (χ4v) is 3.70. The summed E-state index contributed by atoms with van der Waals surface area (Å²) in [5.41, 5.74) is 2.08. The molecule has 1 fully saturated rings. The van der Waals surface area contributed by atoms with Crippen molar-refractivity contribution in [3.05, 3.63) is 71.0 Å². The van der Waals surface area contributed by atoms with Gasteiger partial charge in [-0.05, 0) is 43.2 Å². The van der Waals surface area contributed by atoms with Crippen molar-refractivity contribution in [2.24, 2.45) is 0 Å². The van der Waals surface area contributed by atoms with E-state index in [9.17, 15) is 23.6 Å². The third kappa shape index (κ3) is 3.26. The summed E-state index contributed by atoms with van der Waals surface area (Å²) in [6, 6.07) is 9.65. The van der Waals surface area contributed by atoms with Crippen LogP contribution in [0.5, 0.6) is 0 Å². The molecule has 0 spiro atoms. The molecule has 2 aliphatic heterocycles. The van der Waals surface area contributed by atoms with Gasteiger partial charge in [0.15, 0.2) is 0 Å². The van der Waals surface area contributed by atoms with Crippen LogP contribution in [0.1, 0.15) is 46.0 Å². The highest BCUT2D eigenvalue weighted by molar-refractivity contribution is 6.25. The van der Waals surface area contributed by atoms with Gasteiger partial charge in [0.25, 0.3) is 11.8 Å². The predicted octanol–water partition coefficient (Wildman–Crippen LogP) is 2.70. The number of amides is 4. The van der Waals surface area contributed by atoms with Crippen LogP contribution in [0.15, 0.2) is 48.5 Å². The van der Waals surface area contributed by atoms with Crippen molar-refractivity contribution >= 4 is 35.0 Å². The summed E-state index contributed by atoms with van der Waals surface area (Å²) >= 11 is 0. The van der Waals surface area contributed by atoms with Crippen LogP contribution in [0.3, 0.4) is 0 Å². The molecule has 1 unspecified atom stereocenters. The summed E-state index contributed by atoms with van der Waals surface area (Å²) in [6.07, 6.45) is 1.92. The number of benzene rings is 2. The normalized spacial score (nSPS) is 19.1. The van der Waals surface area contributed by atoms with E-state index in [0.717, 1.165) is 4.90 Å². The topological polar surface area (TPSA) is 95.6 Å². The average molecular weight is 407 g/mol. The number of rotatable bonds is 4. The number of nitrogens with one attached hydrogen (secondary N) is 2. The number of carbonyl (C=O) groups excluding carboxylic acids is 4. The molecule has 30 heavy (non-hydrogen) atoms. The second-order valence-corrected chi connectivity index (χ2v) is 7.01. The van der Waals surface area contributed by atoms with E-state index in [-0.39, 0.29) is 29.8 Å². The molecule has 2 aromatic rings. The minimum absolute atomic E-state index is 0.0577. The first-order valence-electron chi connectivity index (χ1n) is 9.44. The third-order valence-electron chi connectivity index (χ3n) is 5.18. The Morgan fingerprint density at radius 3 is 2.50 bits per heavy atom. The van der Waals surface area contributed by atoms with Gasteiger partial charge in [-0.3, -0.25) is 29.4 Å². The maximum atomic E-state index is 13.2. The van der Waals surface area contributed by atoms with E-state index < -0.39 is 29.7 Å². The van der Waals surface area contributed by atoms with Crippen LogP contribution >= 0.6 is 0 Å². The number of piperidine rings is 1. The van der Waals surface area contributed by atoms with Gasteiger partial charge in [-0.15, -0.1) is 0 Å². The number of anilines is 1. The zero-order valence-corrected chi connectivity index (χ0v) is 16.1. The zero-order valence-electron chi connectivity index (χ0n) is 16.1. The fraction of sp³-hybridized carbons (Fsp3) is 0.182. The lowest BCUT2D eigenvalue weighted by atomic mass is 10.0. The number of nitrogens with zero attached hydrogens (tertiary/aromatic N) is 1. The monoisotopic (exact) mass is 407 g/mol. The molecule has 4 amide bonds. The minimum atomic E-state index is -1.03. The van der Waals surface area contributed by atoms with Gasteiger partial charge in [0, 0.05) is 12.1 Å². The van der Waals surface area contributed by atoms with Crippen molar-refractivity contribution < 1.29 is 23.6 Å². The van der Waals surface area contributed by atoms with Crippen molar-refractivity contribution in [2.75, 3.05) is 5.32 Å². The van der Waals surface area contributed by atoms with Crippen LogP contribution in [0.25, 0.3) is 5.70 Å². The fourth-order valence-electron chi connectivity index (χ4n) is 3.70. The summed E-state index contributed by atoms with van der Waals surface area (Å²) in [4.78, 5) is 50.6. The summed E-state index contributed by atoms with van der Waals surface area (Å²) < 4.78 is 13.2. The molecule has 7 nitrogen and oxygen atoms in total. The van der Waals surface area contributed by atoms with Gasteiger partial charge in [-0.1, -0.05) is 24.3 Å². The second kappa shape index (κ2) is 7.55. The van der Waals surface area contributed by atoms with Gasteiger partial charge in [0.2, 0.25) is 11.8 Å². The Labute approximate surface area is 171 Å². The molecule has 2 heterocycles. The lowest BCUT2D eigenvalue weighted by Gasteiger charge is -2.27. The first kappa shape index (κ1) is 19.5. The van der Waals surface area contributed by atoms with Gasteiger partial charge >= 0.3 is 0 Å². The van der Waals surface area contributed by atoms with Crippen LogP contribution in [0.2, 0.25) is 0 Å². The highest BCUT2D eigenvalue weighted by Crippen LogP contribution is 2.33. The molecule has 0 aromatic heterocycles. The van der Waals surface area contributed by atoms with E-state index in [1.807, 2.05) is 0 Å². The first-order valence-corrected chi connectivity index (χ1v) is 9.44. The van der Waals surface area contributed by atoms with Crippen LogP contribution in [-0.4, -0.2) is 34.6 Å². The van der Waals surface area contributed by atoms with Crippen molar-refractivity contribution in [3.8, 4) is 0 Å². The largest absolute Gasteiger partial charge is 0.355 e. The van der Waals surface area contributed by atoms with E-state index in [1.165, 1.54) is 18.2 Å². The van der Waals surface area contributed by atoms with Crippen molar-refractivity contribution in [1.82, 2.24) is 10.2 Å². The number of fused-ring (bicyclic) bond motifs is 1. The lowest BCUT2D eigenvalue weighted by molar-refractivity contribution is -0.136. The Bertz CT molecular complexity index is 1110. The third-order valence-corrected chi connectivity index (χ3v) is 5.18. The smallest absolute Gasteiger partial charge is 0.264 e. The average Bonchev–Trinajstić information content (AvgIpc) is 2.98. The predicted molar refractivity (Wildman–Crippen MR) is 107 cm³/mol. The molecule has 8 heteroatoms. The number of carbonyl (C=O) groups is 4. The van der Waals surface area contributed by atoms with E-state index in [1.54, 1.807) is 37.3 Å². The van der Waals surface area contributed by atoms with Gasteiger partial charge in [0.1, 0.15) is 11.9 Å². The molecule has 152 valence electrons. The molecule has 2 N–H and O–H groups in total. The minimum Gasteiger partial charge on any atom is -0.355 e. The van der Waals surface area contributed by atoms with Gasteiger partial charge in [-0.2, -0.15) is 0 Å². The van der Waals surface area contributed by atoms with Crippen LogP contribution in [0, 0.1) is 5.82 Å². The highest BCUT2D eigenvalue weighted by Gasteiger charge is 2.45. The molecular weight excluding hydrogens is 389 g/mol. The SMILES string of the molecule is C/C=C(\Nc1cccc2c1C(=O)N(C1CCC(=O)NC1=O)C2=O)c1ccc(F)cc1. The molecule has 2 aromatic carbocycles. The summed E-state index contributed by atoms with van der Waals surface area (Å²) in [7, 11) is 0. The molecule has 1 atom stereocenters. The molecule has 0 radical (unpaired) electrons. The molecule has 1 saturated heterocycles. The Kier molecular flexibility index (Phi) is 4.91. The molecule has 2 aliphatic rings. The quantitative estimate of drug-likeness (QED) is 0.760. The molecule has 4 rings (SSSR count). The zero-order chi connectivity index (χ0) is 21.4. The van der Waals surface area contributed by atoms with E-state index in [0.29, 0.717) is 16.9 Å². The molecule has 0 aliphatic carbocycles. The van der Waals surface area contributed by atoms with E-state index >= 15 is 0 Å². The maximum Gasteiger partial charge on any atom is 0.264 e. The second-order valence-electron chi connectivity index (χ2n) is 7.01. The van der Waals surface area contributed by atoms with Crippen LogP contribution in [0.4, 0.5) is 10.1 Å². The number of halogens is 1. The van der Waals surface area contributed by atoms with Gasteiger partial charge in [-0.25, -0.2) is 4.39 Å². The summed E-state index contributed by atoms with van der Waals surface area (Å²) in [5, 5.41) is 5.32. The maximum absolute atomic E-state index is 13.2. The number of hydrogen-bond acceptors (Lipinski definition) is 5. The van der Waals surface area contributed by atoms with Crippen molar-refractivity contribution in [2.45, 2.75) is 25.8 Å². The van der Waals surface area contributed by atoms with Gasteiger partial charge in [0.05, 0.1) is 16.8 Å². The van der Waals surface area contributed by atoms with Crippen LogP contribution in [-0.2, 0) is 9.59 Å². The Balaban J connectivity index is 1.67. The summed E-state index contributed by atoms with van der Waals surface area (Å²) in [6.45, 7) is 1.79. The number of imide groups is 2.